The van der Waals surface area contributed by atoms with Crippen LogP contribution in [0.1, 0.15) is 110 Å². The van der Waals surface area contributed by atoms with E-state index in [2.05, 4.69) is 29.4 Å². The quantitative estimate of drug-likeness (QED) is 0.0451. The minimum atomic E-state index is -4.73. The predicted molar refractivity (Wildman–Crippen MR) is 255 cm³/mol. The Balaban J connectivity index is 0.00000281. The summed E-state index contributed by atoms with van der Waals surface area (Å²) in [5.74, 6) is 0.579. The Hall–Kier alpha value is -1.89. The maximum atomic E-state index is 12.3. The largest absolute Gasteiger partial charge is 1.00 e. The summed E-state index contributed by atoms with van der Waals surface area (Å²) in [6.45, 7) is 13.0. The van der Waals surface area contributed by atoms with Crippen molar-refractivity contribution in [1.29, 1.82) is 0 Å². The average Bonchev–Trinajstić information content (AvgIpc) is 3.60. The molecule has 0 bridgehead atoms. The van der Waals surface area contributed by atoms with Crippen molar-refractivity contribution in [3.8, 4) is 5.75 Å². The van der Waals surface area contributed by atoms with Crippen molar-refractivity contribution in [2.75, 3.05) is 23.7 Å². The molecule has 0 aromatic heterocycles. The normalized spacial score (nSPS) is 17.2. The van der Waals surface area contributed by atoms with E-state index in [9.17, 15) is 43.7 Å². The Kier molecular flexibility index (Phi) is 25.5. The fourth-order valence-electron chi connectivity index (χ4n) is 8.94. The molecule has 0 unspecified atom stereocenters. The molecule has 0 atom stereocenters. The van der Waals surface area contributed by atoms with Gasteiger partial charge in [-0.05, 0) is 110 Å². The first-order valence-electron chi connectivity index (χ1n) is 22.3. The van der Waals surface area contributed by atoms with Crippen LogP contribution in [0.2, 0.25) is 0 Å². The Bertz CT molecular complexity index is 2940. The van der Waals surface area contributed by atoms with E-state index in [1.807, 2.05) is 70.2 Å². The van der Waals surface area contributed by atoms with Gasteiger partial charge in [0.25, 0.3) is 0 Å². The number of rotatable bonds is 19. The molecular formula is C49H57N2Na3O13S4. The number of unbranched alkanes of at least 4 members (excludes halogenated alkanes) is 3. The van der Waals surface area contributed by atoms with Crippen molar-refractivity contribution >= 4 is 64.8 Å². The zero-order chi connectivity index (χ0) is 50.2. The van der Waals surface area contributed by atoms with Crippen LogP contribution in [-0.4, -0.2) is 82.2 Å². The summed E-state index contributed by atoms with van der Waals surface area (Å²) in [7, 11) is -13.8. The number of carbonyl (C=O) groups is 1. The number of ketones is 1. The molecule has 2 heterocycles. The topological polar surface area (TPSA) is 238 Å². The maximum Gasteiger partial charge on any atom is 1.00 e. The Morgan fingerprint density at radius 1 is 0.803 bits per heavy atom. The van der Waals surface area contributed by atoms with E-state index in [4.69, 9.17) is 13.2 Å². The number of anilines is 1. The van der Waals surface area contributed by atoms with Crippen molar-refractivity contribution in [3.05, 3.63) is 125 Å². The van der Waals surface area contributed by atoms with Crippen LogP contribution in [0.5, 0.6) is 5.75 Å². The van der Waals surface area contributed by atoms with Gasteiger partial charge in [0, 0.05) is 59.3 Å². The number of Topliss-reactive ketones (excluding diaryl/α,β-unsaturated/α-hetero) is 1. The van der Waals surface area contributed by atoms with E-state index in [0.717, 1.165) is 65.2 Å². The fourth-order valence-corrected chi connectivity index (χ4v) is 10.5. The van der Waals surface area contributed by atoms with Gasteiger partial charge in [0.2, 0.25) is 0 Å². The average molecular weight is 1080 g/mol. The first-order chi connectivity index (χ1) is 31.8. The molecule has 3 aliphatic rings. The monoisotopic (exact) mass is 1080 g/mol. The van der Waals surface area contributed by atoms with Crippen LogP contribution in [0.25, 0.3) is 0 Å². The van der Waals surface area contributed by atoms with Crippen molar-refractivity contribution in [2.24, 2.45) is 5.92 Å². The third-order valence-electron chi connectivity index (χ3n) is 12.6. The molecule has 71 heavy (non-hydrogen) atoms. The molecule has 0 spiro atoms. The Morgan fingerprint density at radius 2 is 1.44 bits per heavy atom. The Morgan fingerprint density at radius 3 is 2.04 bits per heavy atom. The van der Waals surface area contributed by atoms with Crippen molar-refractivity contribution in [2.45, 2.75) is 120 Å². The molecule has 0 N–H and O–H groups in total. The third-order valence-corrected chi connectivity index (χ3v) is 15.0. The van der Waals surface area contributed by atoms with Gasteiger partial charge < -0.3 is 23.3 Å². The molecule has 0 saturated heterocycles. The first-order valence-corrected chi connectivity index (χ1v) is 27.4. The second-order valence-corrected chi connectivity index (χ2v) is 22.7. The van der Waals surface area contributed by atoms with Crippen molar-refractivity contribution in [1.82, 2.24) is 0 Å². The molecule has 0 fully saturated rings. The summed E-state index contributed by atoms with van der Waals surface area (Å²) in [5, 5.41) is 0. The van der Waals surface area contributed by atoms with E-state index in [1.54, 1.807) is 6.07 Å². The molecular weight excluding hydrogens is 1020 g/mol. The molecule has 2 aliphatic heterocycles. The van der Waals surface area contributed by atoms with E-state index in [0.29, 0.717) is 55.8 Å². The molecule has 1 aliphatic carbocycles. The van der Waals surface area contributed by atoms with E-state index >= 15 is 0 Å². The molecule has 0 radical (unpaired) electrons. The molecule has 22 heteroatoms. The zero-order valence-electron chi connectivity index (χ0n) is 42.0. The number of fused-ring (bicyclic) bond motifs is 2. The molecule has 15 nitrogen and oxygen atoms in total. The first kappa shape index (κ1) is 65.2. The number of hydrogen-bond acceptors (Lipinski definition) is 14. The SMILES string of the molecule is CC(C)C(=O)CCCCCN1C(=CC=C2CCCC(C=CC3=[N+](CCCCS(=O)(=O)[O-])c4cc[c-]cc4C3(C)C)=C2Oc2ccc(S(=O)(=O)[O-])cc2)C(C)(C)c2cc(S(=O)(=O)[O-])ccc21.O=S=O.[Na+].[Na+].[Na+]. The summed E-state index contributed by atoms with van der Waals surface area (Å²) < 4.78 is 131. The summed E-state index contributed by atoms with van der Waals surface area (Å²) >= 11 is -0.750. The van der Waals surface area contributed by atoms with E-state index in [1.165, 1.54) is 36.4 Å². The second-order valence-electron chi connectivity index (χ2n) is 18.3. The van der Waals surface area contributed by atoms with E-state index < -0.39 is 63.4 Å². The molecule has 0 amide bonds. The Labute approximate surface area is 489 Å². The fraction of sp³-hybridized carbons (Fsp3) is 0.429. The third kappa shape index (κ3) is 17.1. The summed E-state index contributed by atoms with van der Waals surface area (Å²) in [4.78, 5) is 13.8. The number of benzene rings is 3. The van der Waals surface area contributed by atoms with Crippen LogP contribution in [0.3, 0.4) is 0 Å². The minimum Gasteiger partial charge on any atom is -0.748 e. The van der Waals surface area contributed by atoms with Crippen LogP contribution >= 0.6 is 0 Å². The molecule has 3 aromatic carbocycles. The van der Waals surface area contributed by atoms with Gasteiger partial charge in [-0.15, -0.1) is 6.07 Å². The van der Waals surface area contributed by atoms with Gasteiger partial charge >= 0.3 is 100 Å². The van der Waals surface area contributed by atoms with Gasteiger partial charge in [-0.3, -0.25) is 4.79 Å². The van der Waals surface area contributed by atoms with Crippen LogP contribution in [0.15, 0.2) is 117 Å². The van der Waals surface area contributed by atoms with Crippen LogP contribution in [0.4, 0.5) is 11.4 Å². The van der Waals surface area contributed by atoms with Gasteiger partial charge in [0.1, 0.15) is 49.8 Å². The minimum absolute atomic E-state index is 0. The zero-order valence-corrected chi connectivity index (χ0v) is 51.2. The second kappa shape index (κ2) is 27.8. The van der Waals surface area contributed by atoms with E-state index in [-0.39, 0.29) is 112 Å². The number of hydrogen-bond donors (Lipinski definition) is 0. The number of ether oxygens (including phenoxy) is 1. The number of carbonyl (C=O) groups excluding carboxylic acids is 1. The van der Waals surface area contributed by atoms with Crippen molar-refractivity contribution < 1.29 is 150 Å². The predicted octanol–water partition coefficient (Wildman–Crippen LogP) is -1.19. The van der Waals surface area contributed by atoms with Crippen LogP contribution in [0, 0.1) is 12.0 Å². The van der Waals surface area contributed by atoms with Gasteiger partial charge in [-0.25, -0.2) is 29.8 Å². The number of allylic oxidation sites excluding steroid dienone is 7. The summed E-state index contributed by atoms with van der Waals surface area (Å²) in [6, 6.07) is 18.7. The van der Waals surface area contributed by atoms with Crippen LogP contribution in [-0.2, 0) is 57.5 Å². The summed E-state index contributed by atoms with van der Waals surface area (Å²) in [5.41, 5.74) is 5.75. The van der Waals surface area contributed by atoms with Gasteiger partial charge in [0.05, 0.1) is 19.9 Å². The standard InChI is InChI=1S/C49H60N2O11S3.3Na.O2S/c1-34(2)44(52)19-8-7-11-30-51-43-27-26-39(65(59,60)61)33-41(43)49(5,6)46(51)29-21-36-16-14-15-35(47(36)62-37-22-24-38(25-23-37)64(56,57)58)20-28-45-48(3,4)40-17-9-10-18-42(40)50(45)31-12-13-32-63(53,54)55;;;;1-3-2/h10,17-18,20-29,33-34H,7-8,11-16,19,30-32H2,1-6H3,(H,53,54,55)(H,56,57,58)(H,59,60,61);;;;/q;3*+1;/p-3. The van der Waals surface area contributed by atoms with Crippen molar-refractivity contribution in [3.63, 3.8) is 0 Å². The molecule has 368 valence electrons. The molecule has 0 saturated carbocycles. The summed E-state index contributed by atoms with van der Waals surface area (Å²) in [6.07, 6.45) is 13.5. The van der Waals surface area contributed by atoms with Gasteiger partial charge in [-0.2, -0.15) is 26.6 Å². The van der Waals surface area contributed by atoms with Crippen LogP contribution < -0.4 is 98.3 Å². The number of nitrogens with zero attached hydrogens (tertiary/aromatic N) is 2. The molecule has 3 aromatic rings. The molecule has 6 rings (SSSR count). The smallest absolute Gasteiger partial charge is 0.748 e. The van der Waals surface area contributed by atoms with Gasteiger partial charge in [0.15, 0.2) is 5.71 Å². The maximum absolute atomic E-state index is 12.3. The van der Waals surface area contributed by atoms with Gasteiger partial charge in [-0.1, -0.05) is 59.6 Å².